The number of rotatable bonds is 7. The molecule has 1 aromatic rings. The number of carbonyl (C=O) groups is 1. The van der Waals surface area contributed by atoms with Gasteiger partial charge >= 0.3 is 0 Å². The summed E-state index contributed by atoms with van der Waals surface area (Å²) in [6.45, 7) is 4.44. The number of nitrogens with zero attached hydrogens (tertiary/aromatic N) is 2. The van der Waals surface area contributed by atoms with Crippen LogP contribution in [0.15, 0.2) is 18.2 Å². The summed E-state index contributed by atoms with van der Waals surface area (Å²) in [7, 11) is 5.97. The van der Waals surface area contributed by atoms with Gasteiger partial charge in [0.05, 0.1) is 7.11 Å². The molecule has 1 amide bonds. The molecule has 2 fully saturated rings. The summed E-state index contributed by atoms with van der Waals surface area (Å²) in [4.78, 5) is 16.4. The van der Waals surface area contributed by atoms with E-state index in [9.17, 15) is 4.79 Å². The fourth-order valence-corrected chi connectivity index (χ4v) is 7.05. The zero-order valence-corrected chi connectivity index (χ0v) is 18.7. The SMILES string of the molecule is COc1ccc2c(c1)CC[C@@H]1[C@@H]2CC[C@]2(C)[C@@H](N(C=O)CCCN(C)C)CC[C@@H]12. The van der Waals surface area contributed by atoms with Crippen LogP contribution in [0.25, 0.3) is 0 Å². The summed E-state index contributed by atoms with van der Waals surface area (Å²) in [5, 5.41) is 0. The average Bonchev–Trinajstić information content (AvgIpc) is 3.07. The smallest absolute Gasteiger partial charge is 0.209 e. The third-order valence-corrected chi connectivity index (χ3v) is 8.44. The van der Waals surface area contributed by atoms with Crippen molar-refractivity contribution in [2.24, 2.45) is 17.3 Å². The van der Waals surface area contributed by atoms with E-state index in [2.05, 4.69) is 49.0 Å². The summed E-state index contributed by atoms with van der Waals surface area (Å²) < 4.78 is 5.46. The van der Waals surface area contributed by atoms with Crippen molar-refractivity contribution >= 4 is 6.41 Å². The van der Waals surface area contributed by atoms with Gasteiger partial charge in [0, 0.05) is 12.6 Å². The van der Waals surface area contributed by atoms with Gasteiger partial charge in [0.1, 0.15) is 5.75 Å². The monoisotopic (exact) mass is 398 g/mol. The highest BCUT2D eigenvalue weighted by atomic mass is 16.5. The van der Waals surface area contributed by atoms with Crippen LogP contribution in [0.3, 0.4) is 0 Å². The molecule has 0 heterocycles. The molecule has 160 valence electrons. The van der Waals surface area contributed by atoms with E-state index >= 15 is 0 Å². The summed E-state index contributed by atoms with van der Waals surface area (Å²) >= 11 is 0. The highest BCUT2D eigenvalue weighted by Crippen LogP contribution is 2.61. The molecule has 1 aromatic carbocycles. The van der Waals surface area contributed by atoms with Gasteiger partial charge in [-0.25, -0.2) is 0 Å². The van der Waals surface area contributed by atoms with Gasteiger partial charge in [0.25, 0.3) is 0 Å². The number of carbonyl (C=O) groups excluding carboxylic acids is 1. The summed E-state index contributed by atoms with van der Waals surface area (Å²) in [5.41, 5.74) is 3.36. The van der Waals surface area contributed by atoms with Crippen molar-refractivity contribution in [3.8, 4) is 5.75 Å². The van der Waals surface area contributed by atoms with E-state index < -0.39 is 0 Å². The van der Waals surface area contributed by atoms with Gasteiger partial charge in [-0.2, -0.15) is 0 Å². The lowest BCUT2D eigenvalue weighted by Gasteiger charge is -2.52. The second-order valence-corrected chi connectivity index (χ2v) is 10.1. The molecule has 0 spiro atoms. The Balaban J connectivity index is 1.51. The minimum absolute atomic E-state index is 0.282. The molecule has 4 rings (SSSR count). The number of hydrogen-bond acceptors (Lipinski definition) is 3. The van der Waals surface area contributed by atoms with E-state index in [4.69, 9.17) is 4.74 Å². The van der Waals surface area contributed by atoms with Gasteiger partial charge in [0.2, 0.25) is 6.41 Å². The van der Waals surface area contributed by atoms with E-state index in [-0.39, 0.29) is 5.41 Å². The molecule has 3 aliphatic rings. The van der Waals surface area contributed by atoms with Crippen LogP contribution >= 0.6 is 0 Å². The number of ether oxygens (including phenoxy) is 1. The number of methoxy groups -OCH3 is 1. The molecule has 0 N–H and O–H groups in total. The molecule has 4 heteroatoms. The van der Waals surface area contributed by atoms with Crippen LogP contribution in [-0.4, -0.2) is 56.5 Å². The Morgan fingerprint density at radius 3 is 2.72 bits per heavy atom. The maximum absolute atomic E-state index is 12.0. The molecule has 0 bridgehead atoms. The molecule has 2 saturated carbocycles. The average molecular weight is 399 g/mol. The second-order valence-electron chi connectivity index (χ2n) is 10.1. The van der Waals surface area contributed by atoms with Crippen LogP contribution in [0.5, 0.6) is 5.75 Å². The fourth-order valence-electron chi connectivity index (χ4n) is 7.05. The molecule has 29 heavy (non-hydrogen) atoms. The van der Waals surface area contributed by atoms with Crippen molar-refractivity contribution in [3.05, 3.63) is 29.3 Å². The first-order valence-electron chi connectivity index (χ1n) is 11.5. The first-order chi connectivity index (χ1) is 14.0. The van der Waals surface area contributed by atoms with Crippen molar-refractivity contribution in [1.29, 1.82) is 0 Å². The van der Waals surface area contributed by atoms with Gasteiger partial charge in [-0.1, -0.05) is 13.0 Å². The Hall–Kier alpha value is -1.55. The highest BCUT2D eigenvalue weighted by molar-refractivity contribution is 5.48. The van der Waals surface area contributed by atoms with E-state index in [1.165, 1.54) is 44.1 Å². The highest BCUT2D eigenvalue weighted by Gasteiger charge is 2.56. The third-order valence-electron chi connectivity index (χ3n) is 8.44. The van der Waals surface area contributed by atoms with Crippen LogP contribution in [-0.2, 0) is 11.2 Å². The van der Waals surface area contributed by atoms with Gasteiger partial charge in [0.15, 0.2) is 0 Å². The first kappa shape index (κ1) is 20.7. The predicted octanol–water partition coefficient (Wildman–Crippen LogP) is 4.33. The molecule has 0 aliphatic heterocycles. The molecule has 0 saturated heterocycles. The van der Waals surface area contributed by atoms with E-state index in [1.807, 2.05) is 0 Å². The van der Waals surface area contributed by atoms with Crippen LogP contribution in [0, 0.1) is 17.3 Å². The molecule has 5 atom stereocenters. The maximum atomic E-state index is 12.0. The Morgan fingerprint density at radius 1 is 1.17 bits per heavy atom. The van der Waals surface area contributed by atoms with Crippen LogP contribution in [0.4, 0.5) is 0 Å². The molecule has 0 radical (unpaired) electrons. The topological polar surface area (TPSA) is 32.8 Å². The largest absolute Gasteiger partial charge is 0.497 e. The first-order valence-corrected chi connectivity index (χ1v) is 11.5. The Labute approximate surface area is 176 Å². The summed E-state index contributed by atoms with van der Waals surface area (Å²) in [5.74, 6) is 3.20. The fraction of sp³-hybridized carbons (Fsp3) is 0.720. The second kappa shape index (κ2) is 8.29. The summed E-state index contributed by atoms with van der Waals surface area (Å²) in [6, 6.07) is 7.16. The van der Waals surface area contributed by atoms with E-state index in [0.29, 0.717) is 12.0 Å². The van der Waals surface area contributed by atoms with Gasteiger partial charge in [-0.3, -0.25) is 4.79 Å². The Bertz CT molecular complexity index is 734. The van der Waals surface area contributed by atoms with E-state index in [0.717, 1.165) is 43.5 Å². The lowest BCUT2D eigenvalue weighted by Crippen LogP contribution is -2.50. The number of hydrogen-bond donors (Lipinski definition) is 0. The van der Waals surface area contributed by atoms with Crippen LogP contribution in [0.1, 0.15) is 62.5 Å². The zero-order chi connectivity index (χ0) is 20.6. The molecule has 4 nitrogen and oxygen atoms in total. The standard InChI is InChI=1S/C25H38N2O2/c1-25-13-12-21-20-9-7-19(29-4)16-18(20)6-8-22(21)23(25)10-11-24(25)27(17-28)15-5-14-26(2)3/h7,9,16-17,21-24H,5-6,8,10-15H2,1-4H3/t21-,22-,23+,24+,25+/m1/s1. The molecular weight excluding hydrogens is 360 g/mol. The van der Waals surface area contributed by atoms with Gasteiger partial charge < -0.3 is 14.5 Å². The Morgan fingerprint density at radius 2 is 2.00 bits per heavy atom. The number of benzene rings is 1. The van der Waals surface area contributed by atoms with E-state index in [1.54, 1.807) is 12.7 Å². The lowest BCUT2D eigenvalue weighted by molar-refractivity contribution is -0.124. The predicted molar refractivity (Wildman–Crippen MR) is 117 cm³/mol. The molecule has 3 aliphatic carbocycles. The van der Waals surface area contributed by atoms with Gasteiger partial charge in [-0.15, -0.1) is 0 Å². The number of amides is 1. The molecule has 0 aromatic heterocycles. The van der Waals surface area contributed by atoms with Crippen LogP contribution < -0.4 is 4.74 Å². The number of aryl methyl sites for hydroxylation is 1. The molecule has 0 unspecified atom stereocenters. The van der Waals surface area contributed by atoms with Crippen molar-refractivity contribution in [3.63, 3.8) is 0 Å². The van der Waals surface area contributed by atoms with Gasteiger partial charge in [-0.05, 0) is 112 Å². The zero-order valence-electron chi connectivity index (χ0n) is 18.7. The van der Waals surface area contributed by atoms with Crippen molar-refractivity contribution in [2.45, 2.75) is 63.8 Å². The summed E-state index contributed by atoms with van der Waals surface area (Å²) in [6.07, 6.45) is 9.63. The minimum Gasteiger partial charge on any atom is -0.497 e. The van der Waals surface area contributed by atoms with Crippen LogP contribution in [0.2, 0.25) is 0 Å². The van der Waals surface area contributed by atoms with Crippen molar-refractivity contribution in [2.75, 3.05) is 34.3 Å². The Kier molecular flexibility index (Phi) is 5.92. The quantitative estimate of drug-likeness (QED) is 0.641. The van der Waals surface area contributed by atoms with Crippen molar-refractivity contribution < 1.29 is 9.53 Å². The third kappa shape index (κ3) is 3.69. The molecular formula is C25H38N2O2. The maximum Gasteiger partial charge on any atom is 0.209 e. The lowest BCUT2D eigenvalue weighted by atomic mass is 9.55. The minimum atomic E-state index is 0.282. The number of fused-ring (bicyclic) bond motifs is 5. The normalized spacial score (nSPS) is 33.0. The van der Waals surface area contributed by atoms with Crippen molar-refractivity contribution in [1.82, 2.24) is 9.80 Å².